The van der Waals surface area contributed by atoms with Gasteiger partial charge in [-0.05, 0) is 12.8 Å². The van der Waals surface area contributed by atoms with E-state index >= 15 is 0 Å². The van der Waals surface area contributed by atoms with Crippen molar-refractivity contribution >= 4 is 5.97 Å². The molecule has 0 radical (unpaired) electrons. The number of unbranched alkanes of at least 4 members (excludes halogenated alkanes) is 3. The molecule has 0 heterocycles. The fourth-order valence-electron chi connectivity index (χ4n) is 0.966. The lowest BCUT2D eigenvalue weighted by Crippen LogP contribution is -2.01. The molecule has 0 aliphatic rings. The number of hydrogen-bond acceptors (Lipinski definition) is 4. The highest BCUT2D eigenvalue weighted by atomic mass is 16.6. The molecule has 0 aliphatic heterocycles. The minimum absolute atomic E-state index is 0.0260. The molecule has 0 unspecified atom stereocenters. The van der Waals surface area contributed by atoms with Crippen LogP contribution in [0.15, 0.2) is 0 Å². The molecule has 5 heteroatoms. The maximum Gasteiger partial charge on any atom is 0.305 e. The molecule has 5 nitrogen and oxygen atoms in total. The summed E-state index contributed by atoms with van der Waals surface area (Å²) >= 11 is 0. The number of nitro groups is 1. The van der Waals surface area contributed by atoms with Gasteiger partial charge in [-0.3, -0.25) is 14.9 Å². The highest BCUT2D eigenvalue weighted by molar-refractivity contribution is 5.68. The highest BCUT2D eigenvalue weighted by Gasteiger charge is 2.00. The molecular weight excluding hydrogens is 174 g/mol. The van der Waals surface area contributed by atoms with Crippen LogP contribution in [0.5, 0.6) is 0 Å². The minimum atomic E-state index is -0.319. The Morgan fingerprint density at radius 2 is 1.92 bits per heavy atom. The van der Waals surface area contributed by atoms with Gasteiger partial charge < -0.3 is 4.74 Å². The second-order valence-electron chi connectivity index (χ2n) is 2.80. The first kappa shape index (κ1) is 11.9. The molecule has 0 rings (SSSR count). The SMILES string of the molecule is COC(=O)CCCCCC[N+](=O)[O-]. The number of rotatable bonds is 7. The predicted molar refractivity (Wildman–Crippen MR) is 47.0 cm³/mol. The zero-order valence-electron chi connectivity index (χ0n) is 7.82. The molecule has 13 heavy (non-hydrogen) atoms. The van der Waals surface area contributed by atoms with Crippen LogP contribution in [0.4, 0.5) is 0 Å². The molecule has 0 aromatic carbocycles. The Balaban J connectivity index is 3.08. The van der Waals surface area contributed by atoms with Gasteiger partial charge in [0.2, 0.25) is 6.54 Å². The fourth-order valence-corrected chi connectivity index (χ4v) is 0.966. The number of nitrogens with zero attached hydrogens (tertiary/aromatic N) is 1. The first-order valence-electron chi connectivity index (χ1n) is 4.35. The van der Waals surface area contributed by atoms with Gasteiger partial charge in [-0.1, -0.05) is 6.42 Å². The average molecular weight is 189 g/mol. The van der Waals surface area contributed by atoms with Crippen LogP contribution < -0.4 is 0 Å². The molecule has 0 atom stereocenters. The number of methoxy groups -OCH3 is 1. The van der Waals surface area contributed by atoms with E-state index in [-0.39, 0.29) is 17.4 Å². The van der Waals surface area contributed by atoms with Crippen molar-refractivity contribution < 1.29 is 14.5 Å². The number of hydrogen-bond donors (Lipinski definition) is 0. The first-order valence-corrected chi connectivity index (χ1v) is 4.35. The van der Waals surface area contributed by atoms with E-state index < -0.39 is 0 Å². The second kappa shape index (κ2) is 7.52. The molecule has 0 spiro atoms. The van der Waals surface area contributed by atoms with Crippen molar-refractivity contribution in [2.45, 2.75) is 32.1 Å². The topological polar surface area (TPSA) is 69.4 Å². The van der Waals surface area contributed by atoms with Gasteiger partial charge in [0.15, 0.2) is 0 Å². The molecule has 0 saturated heterocycles. The van der Waals surface area contributed by atoms with Crippen molar-refractivity contribution in [2.75, 3.05) is 13.7 Å². The van der Waals surface area contributed by atoms with Gasteiger partial charge in [-0.2, -0.15) is 0 Å². The summed E-state index contributed by atoms with van der Waals surface area (Å²) in [5.74, 6) is -0.214. The summed E-state index contributed by atoms with van der Waals surface area (Å²) in [6, 6.07) is 0. The lowest BCUT2D eigenvalue weighted by molar-refractivity contribution is -0.480. The van der Waals surface area contributed by atoms with Gasteiger partial charge in [-0.15, -0.1) is 0 Å². The van der Waals surface area contributed by atoms with Crippen LogP contribution in [-0.2, 0) is 9.53 Å². The Morgan fingerprint density at radius 3 is 2.46 bits per heavy atom. The third kappa shape index (κ3) is 8.78. The molecular formula is C8H15NO4. The largest absolute Gasteiger partial charge is 0.469 e. The molecule has 0 fully saturated rings. The van der Waals surface area contributed by atoms with Crippen molar-refractivity contribution in [3.05, 3.63) is 10.1 Å². The van der Waals surface area contributed by atoms with Gasteiger partial charge in [0.05, 0.1) is 7.11 Å². The zero-order valence-corrected chi connectivity index (χ0v) is 7.82. The minimum Gasteiger partial charge on any atom is -0.469 e. The molecule has 0 bridgehead atoms. The fraction of sp³-hybridized carbons (Fsp3) is 0.875. The van der Waals surface area contributed by atoms with E-state index in [1.54, 1.807) is 0 Å². The lowest BCUT2D eigenvalue weighted by Gasteiger charge is -1.98. The number of esters is 1. The van der Waals surface area contributed by atoms with Crippen LogP contribution in [0.1, 0.15) is 32.1 Å². The molecule has 0 aromatic heterocycles. The Kier molecular flexibility index (Phi) is 6.86. The highest BCUT2D eigenvalue weighted by Crippen LogP contribution is 2.03. The number of carbonyl (C=O) groups is 1. The van der Waals surface area contributed by atoms with Crippen LogP contribution in [0.2, 0.25) is 0 Å². The van der Waals surface area contributed by atoms with Crippen molar-refractivity contribution in [3.8, 4) is 0 Å². The number of ether oxygens (including phenoxy) is 1. The van der Waals surface area contributed by atoms with Crippen molar-refractivity contribution in [3.63, 3.8) is 0 Å². The summed E-state index contributed by atoms with van der Waals surface area (Å²) in [6.45, 7) is 0.0260. The van der Waals surface area contributed by atoms with E-state index in [1.807, 2.05) is 0 Å². The summed E-state index contributed by atoms with van der Waals surface area (Å²) in [6.07, 6.45) is 3.41. The van der Waals surface area contributed by atoms with E-state index in [4.69, 9.17) is 0 Å². The molecule has 0 aromatic rings. The van der Waals surface area contributed by atoms with E-state index in [0.717, 1.165) is 19.3 Å². The van der Waals surface area contributed by atoms with Crippen LogP contribution in [0, 0.1) is 10.1 Å². The average Bonchev–Trinajstić information content (AvgIpc) is 2.10. The van der Waals surface area contributed by atoms with Gasteiger partial charge in [0.1, 0.15) is 0 Å². The standard InChI is InChI=1S/C8H15NO4/c1-13-8(10)6-4-2-3-5-7-9(11)12/h2-7H2,1H3. The van der Waals surface area contributed by atoms with Crippen LogP contribution >= 0.6 is 0 Å². The van der Waals surface area contributed by atoms with Crippen molar-refractivity contribution in [2.24, 2.45) is 0 Å². The van der Waals surface area contributed by atoms with Crippen LogP contribution in [-0.4, -0.2) is 24.5 Å². The lowest BCUT2D eigenvalue weighted by atomic mass is 10.1. The van der Waals surface area contributed by atoms with Gasteiger partial charge >= 0.3 is 5.97 Å². The predicted octanol–water partition coefficient (Wildman–Crippen LogP) is 1.39. The molecule has 76 valence electrons. The Morgan fingerprint density at radius 1 is 1.31 bits per heavy atom. The van der Waals surface area contributed by atoms with E-state index in [0.29, 0.717) is 12.8 Å². The van der Waals surface area contributed by atoms with E-state index in [1.165, 1.54) is 7.11 Å². The molecule has 0 N–H and O–H groups in total. The normalized spacial score (nSPS) is 9.62. The monoisotopic (exact) mass is 189 g/mol. The van der Waals surface area contributed by atoms with Crippen molar-refractivity contribution in [1.29, 1.82) is 0 Å². The van der Waals surface area contributed by atoms with Crippen LogP contribution in [0.25, 0.3) is 0 Å². The zero-order chi connectivity index (χ0) is 10.1. The summed E-state index contributed by atoms with van der Waals surface area (Å²) in [5, 5.41) is 9.92. The van der Waals surface area contributed by atoms with E-state index in [2.05, 4.69) is 4.74 Å². The summed E-state index contributed by atoms with van der Waals surface area (Å²) in [4.78, 5) is 20.2. The van der Waals surface area contributed by atoms with Crippen molar-refractivity contribution in [1.82, 2.24) is 0 Å². The number of carbonyl (C=O) groups excluding carboxylic acids is 1. The summed E-state index contributed by atoms with van der Waals surface area (Å²) < 4.78 is 4.45. The molecule has 0 amide bonds. The smallest absolute Gasteiger partial charge is 0.305 e. The van der Waals surface area contributed by atoms with E-state index in [9.17, 15) is 14.9 Å². The van der Waals surface area contributed by atoms with Gasteiger partial charge in [-0.25, -0.2) is 0 Å². The first-order chi connectivity index (χ1) is 6.16. The third-order valence-electron chi connectivity index (χ3n) is 1.70. The maximum absolute atomic E-state index is 10.6. The third-order valence-corrected chi connectivity index (χ3v) is 1.70. The molecule has 0 aliphatic carbocycles. The Hall–Kier alpha value is -1.13. The Bertz CT molecular complexity index is 170. The molecule has 0 saturated carbocycles. The Labute approximate surface area is 77.2 Å². The maximum atomic E-state index is 10.6. The van der Waals surface area contributed by atoms with Crippen LogP contribution in [0.3, 0.4) is 0 Å². The van der Waals surface area contributed by atoms with Gasteiger partial charge in [0, 0.05) is 17.8 Å². The summed E-state index contributed by atoms with van der Waals surface area (Å²) in [7, 11) is 1.36. The second-order valence-corrected chi connectivity index (χ2v) is 2.80. The quantitative estimate of drug-likeness (QED) is 0.262. The summed E-state index contributed by atoms with van der Waals surface area (Å²) in [5.41, 5.74) is 0. The van der Waals surface area contributed by atoms with Gasteiger partial charge in [0.25, 0.3) is 0 Å².